The first kappa shape index (κ1) is 9.31. The topological polar surface area (TPSA) is 0 Å². The molecule has 0 atom stereocenters. The molecule has 66 valence electrons. The Balaban J connectivity index is 3.02. The second kappa shape index (κ2) is 4.30. The Hall–Kier alpha value is -0.780. The molecule has 0 spiro atoms. The van der Waals surface area contributed by atoms with Gasteiger partial charge < -0.3 is 0 Å². The van der Waals surface area contributed by atoms with Crippen LogP contribution in [0.25, 0.3) is 0 Å². The predicted octanol–water partition coefficient (Wildman–Crippen LogP) is 3.37. The molecule has 0 heteroatoms. The molecule has 0 heterocycles. The van der Waals surface area contributed by atoms with Crippen LogP contribution in [-0.4, -0.2) is 0 Å². The van der Waals surface area contributed by atoms with Gasteiger partial charge in [-0.05, 0) is 36.0 Å². The van der Waals surface area contributed by atoms with E-state index in [1.165, 1.54) is 16.7 Å². The van der Waals surface area contributed by atoms with Crippen LogP contribution in [0.5, 0.6) is 0 Å². The maximum Gasteiger partial charge on any atom is -0.0305 e. The fraction of sp³-hybridized carbons (Fsp3) is 0.500. The first-order valence-corrected chi connectivity index (χ1v) is 4.92. The minimum Gasteiger partial charge on any atom is -0.0613 e. The van der Waals surface area contributed by atoms with Crippen molar-refractivity contribution in [1.29, 1.82) is 0 Å². The van der Waals surface area contributed by atoms with E-state index in [2.05, 4.69) is 39.0 Å². The van der Waals surface area contributed by atoms with E-state index in [1.54, 1.807) is 0 Å². The molecule has 0 radical (unpaired) electrons. The van der Waals surface area contributed by atoms with Gasteiger partial charge >= 0.3 is 0 Å². The van der Waals surface area contributed by atoms with Crippen molar-refractivity contribution in [3.8, 4) is 0 Å². The molecular formula is C12H18. The van der Waals surface area contributed by atoms with Crippen LogP contribution in [0.3, 0.4) is 0 Å². The van der Waals surface area contributed by atoms with Crippen LogP contribution in [0.4, 0.5) is 0 Å². The molecule has 0 aromatic heterocycles. The van der Waals surface area contributed by atoms with Crippen molar-refractivity contribution < 1.29 is 0 Å². The lowest BCUT2D eigenvalue weighted by Gasteiger charge is -2.07. The van der Waals surface area contributed by atoms with E-state index in [0.29, 0.717) is 0 Å². The van der Waals surface area contributed by atoms with Crippen molar-refractivity contribution in [3.63, 3.8) is 0 Å². The summed E-state index contributed by atoms with van der Waals surface area (Å²) < 4.78 is 0. The summed E-state index contributed by atoms with van der Waals surface area (Å²) in [5.74, 6) is 0. The Labute approximate surface area is 75.6 Å². The van der Waals surface area contributed by atoms with Gasteiger partial charge in [0.05, 0.1) is 0 Å². The van der Waals surface area contributed by atoms with E-state index in [9.17, 15) is 0 Å². The van der Waals surface area contributed by atoms with Crippen LogP contribution < -0.4 is 0 Å². The zero-order chi connectivity index (χ0) is 8.97. The third-order valence-corrected chi connectivity index (χ3v) is 2.44. The van der Waals surface area contributed by atoms with Gasteiger partial charge in [-0.25, -0.2) is 0 Å². The van der Waals surface area contributed by atoms with Crippen LogP contribution in [0.2, 0.25) is 0 Å². The molecule has 0 aliphatic rings. The number of rotatable bonds is 3. The van der Waals surface area contributed by atoms with Gasteiger partial charge in [0.1, 0.15) is 0 Å². The average Bonchev–Trinajstić information content (AvgIpc) is 2.16. The molecule has 1 aromatic rings. The van der Waals surface area contributed by atoms with Crippen molar-refractivity contribution in [2.45, 2.75) is 40.0 Å². The quantitative estimate of drug-likeness (QED) is 0.639. The monoisotopic (exact) mass is 162 g/mol. The number of hydrogen-bond acceptors (Lipinski definition) is 0. The highest BCUT2D eigenvalue weighted by Gasteiger charge is 1.98. The summed E-state index contributed by atoms with van der Waals surface area (Å²) in [5, 5.41) is 0. The number of hydrogen-bond donors (Lipinski definition) is 0. The molecule has 0 aliphatic carbocycles. The molecule has 1 aromatic carbocycles. The Morgan fingerprint density at radius 3 is 2.00 bits per heavy atom. The highest BCUT2D eigenvalue weighted by Crippen LogP contribution is 2.13. The molecule has 0 bridgehead atoms. The van der Waals surface area contributed by atoms with Gasteiger partial charge in [0.25, 0.3) is 0 Å². The summed E-state index contributed by atoms with van der Waals surface area (Å²) in [6.07, 6.45) is 3.47. The Morgan fingerprint density at radius 1 is 0.833 bits per heavy atom. The van der Waals surface area contributed by atoms with Crippen molar-refractivity contribution in [2.75, 3.05) is 0 Å². The summed E-state index contributed by atoms with van der Waals surface area (Å²) in [5.41, 5.74) is 4.50. The van der Waals surface area contributed by atoms with Crippen molar-refractivity contribution in [1.82, 2.24) is 0 Å². The third kappa shape index (κ3) is 1.88. The maximum atomic E-state index is 2.35. The lowest BCUT2D eigenvalue weighted by molar-refractivity contribution is 1.02. The van der Waals surface area contributed by atoms with E-state index >= 15 is 0 Å². The Kier molecular flexibility index (Phi) is 3.33. The zero-order valence-corrected chi connectivity index (χ0v) is 8.35. The van der Waals surface area contributed by atoms with Gasteiger partial charge in [-0.1, -0.05) is 39.0 Å². The van der Waals surface area contributed by atoms with E-state index in [-0.39, 0.29) is 0 Å². The third-order valence-electron chi connectivity index (χ3n) is 2.44. The Morgan fingerprint density at radius 2 is 1.50 bits per heavy atom. The largest absolute Gasteiger partial charge is 0.0613 e. The minimum absolute atomic E-state index is 1.15. The molecule has 0 saturated carbocycles. The fourth-order valence-corrected chi connectivity index (χ4v) is 1.57. The summed E-state index contributed by atoms with van der Waals surface area (Å²) in [6, 6.07) is 6.87. The number of aryl methyl sites for hydroxylation is 3. The smallest absolute Gasteiger partial charge is 0.0305 e. The molecule has 12 heavy (non-hydrogen) atoms. The normalized spacial score (nSPS) is 10.2. The van der Waals surface area contributed by atoms with Gasteiger partial charge in [0.15, 0.2) is 0 Å². The molecule has 0 saturated heterocycles. The van der Waals surface area contributed by atoms with Crippen LogP contribution >= 0.6 is 0 Å². The summed E-state index contributed by atoms with van der Waals surface area (Å²) >= 11 is 0. The van der Waals surface area contributed by atoms with Crippen molar-refractivity contribution in [2.24, 2.45) is 0 Å². The van der Waals surface area contributed by atoms with Crippen LogP contribution in [0.1, 0.15) is 37.5 Å². The highest BCUT2D eigenvalue weighted by atomic mass is 14.0. The maximum absolute atomic E-state index is 2.35. The first-order chi connectivity index (χ1) is 5.81. The molecule has 0 nitrogen and oxygen atoms in total. The van der Waals surface area contributed by atoms with Crippen molar-refractivity contribution in [3.05, 3.63) is 34.9 Å². The van der Waals surface area contributed by atoms with Crippen LogP contribution in [0.15, 0.2) is 18.2 Å². The van der Waals surface area contributed by atoms with Gasteiger partial charge in [-0.15, -0.1) is 0 Å². The molecule has 0 N–H and O–H groups in total. The van der Waals surface area contributed by atoms with Gasteiger partial charge in [0, 0.05) is 0 Å². The van der Waals surface area contributed by atoms with Gasteiger partial charge in [-0.3, -0.25) is 0 Å². The van der Waals surface area contributed by atoms with E-state index in [1.807, 2.05) is 0 Å². The summed E-state index contributed by atoms with van der Waals surface area (Å²) in [7, 11) is 0. The molecule has 0 amide bonds. The van der Waals surface area contributed by atoms with Gasteiger partial charge in [0.2, 0.25) is 0 Å². The summed E-state index contributed by atoms with van der Waals surface area (Å²) in [6.45, 7) is 6.66. The summed E-state index contributed by atoms with van der Waals surface area (Å²) in [4.78, 5) is 0. The molecule has 0 aliphatic heterocycles. The van der Waals surface area contributed by atoms with Crippen molar-refractivity contribution >= 4 is 0 Å². The highest BCUT2D eigenvalue weighted by molar-refractivity contribution is 5.32. The Bertz CT molecular complexity index is 248. The first-order valence-electron chi connectivity index (χ1n) is 4.92. The molecule has 0 unspecified atom stereocenters. The minimum atomic E-state index is 1.15. The fourth-order valence-electron chi connectivity index (χ4n) is 1.57. The zero-order valence-electron chi connectivity index (χ0n) is 8.35. The molecular weight excluding hydrogens is 144 g/mol. The SMILES string of the molecule is CCc1ccc(CC)c(CC)c1. The predicted molar refractivity (Wildman–Crippen MR) is 54.6 cm³/mol. The van der Waals surface area contributed by atoms with Crippen LogP contribution in [0, 0.1) is 0 Å². The second-order valence-corrected chi connectivity index (χ2v) is 3.16. The lowest BCUT2D eigenvalue weighted by Crippen LogP contribution is -1.92. The van der Waals surface area contributed by atoms with E-state index < -0.39 is 0 Å². The van der Waals surface area contributed by atoms with E-state index in [0.717, 1.165) is 19.3 Å². The molecule has 1 rings (SSSR count). The van der Waals surface area contributed by atoms with Crippen LogP contribution in [-0.2, 0) is 19.3 Å². The van der Waals surface area contributed by atoms with E-state index in [4.69, 9.17) is 0 Å². The average molecular weight is 162 g/mol. The standard InChI is InChI=1S/C12H18/c1-4-10-7-8-11(5-2)12(6-3)9-10/h7-9H,4-6H2,1-3H3. The molecule has 0 fully saturated rings. The number of benzene rings is 1. The van der Waals surface area contributed by atoms with Gasteiger partial charge in [-0.2, -0.15) is 0 Å². The lowest BCUT2D eigenvalue weighted by atomic mass is 9.99. The second-order valence-electron chi connectivity index (χ2n) is 3.16.